The first kappa shape index (κ1) is 12.9. The molecule has 0 aliphatic heterocycles. The summed E-state index contributed by atoms with van der Waals surface area (Å²) in [6.45, 7) is 0.348. The third kappa shape index (κ3) is 3.09. The second-order valence-corrected chi connectivity index (χ2v) is 5.81. The Balaban J connectivity index is 1.56. The predicted octanol–water partition coefficient (Wildman–Crippen LogP) is 1.85. The van der Waals surface area contributed by atoms with E-state index in [0.717, 1.165) is 15.6 Å². The van der Waals surface area contributed by atoms with Crippen LogP contribution in [0.3, 0.4) is 0 Å². The van der Waals surface area contributed by atoms with Crippen LogP contribution in [0.5, 0.6) is 0 Å². The molecule has 20 heavy (non-hydrogen) atoms. The third-order valence-electron chi connectivity index (χ3n) is 2.54. The molecule has 0 aliphatic rings. The second-order valence-electron chi connectivity index (χ2n) is 4.01. The molecule has 6 nitrogen and oxygen atoms in total. The molecule has 0 aliphatic carbocycles. The van der Waals surface area contributed by atoms with E-state index in [1.807, 2.05) is 22.9 Å². The molecule has 3 aromatic rings. The fourth-order valence-electron chi connectivity index (χ4n) is 1.63. The van der Waals surface area contributed by atoms with Crippen molar-refractivity contribution >= 4 is 28.6 Å². The van der Waals surface area contributed by atoms with Crippen molar-refractivity contribution in [2.45, 2.75) is 13.0 Å². The maximum atomic E-state index is 11.8. The van der Waals surface area contributed by atoms with Crippen LogP contribution in [-0.2, 0) is 17.8 Å². The maximum absolute atomic E-state index is 11.8. The molecule has 3 heterocycles. The highest BCUT2D eigenvalue weighted by Gasteiger charge is 2.09. The summed E-state index contributed by atoms with van der Waals surface area (Å²) in [5, 5.41) is 14.1. The highest BCUT2D eigenvalue weighted by molar-refractivity contribution is 7.20. The largest absolute Gasteiger partial charge is 0.348 e. The van der Waals surface area contributed by atoms with Crippen molar-refractivity contribution in [2.75, 3.05) is 0 Å². The van der Waals surface area contributed by atoms with Gasteiger partial charge in [-0.25, -0.2) is 9.97 Å². The Kier molecular flexibility index (Phi) is 3.84. The summed E-state index contributed by atoms with van der Waals surface area (Å²) in [7, 11) is 0. The van der Waals surface area contributed by atoms with Crippen LogP contribution in [0.4, 0.5) is 0 Å². The minimum atomic E-state index is -0.0792. The van der Waals surface area contributed by atoms with Crippen LogP contribution in [-0.4, -0.2) is 26.1 Å². The van der Waals surface area contributed by atoms with Gasteiger partial charge in [-0.3, -0.25) is 9.89 Å². The van der Waals surface area contributed by atoms with Crippen molar-refractivity contribution in [1.29, 1.82) is 0 Å². The average Bonchev–Trinajstić information content (AvgIpc) is 3.18. The maximum Gasteiger partial charge on any atom is 0.226 e. The quantitative estimate of drug-likeness (QED) is 0.753. The summed E-state index contributed by atoms with van der Waals surface area (Å²) < 4.78 is 0. The van der Waals surface area contributed by atoms with Crippen molar-refractivity contribution in [1.82, 2.24) is 25.5 Å². The number of carbonyl (C=O) groups is 1. The summed E-state index contributed by atoms with van der Waals surface area (Å²) in [4.78, 5) is 21.3. The van der Waals surface area contributed by atoms with Gasteiger partial charge in [-0.1, -0.05) is 6.07 Å². The molecule has 1 amide bonds. The molecular formula is C12H11N5OS2. The zero-order chi connectivity index (χ0) is 13.8. The number of thiophene rings is 1. The van der Waals surface area contributed by atoms with Crippen LogP contribution in [0.2, 0.25) is 0 Å². The van der Waals surface area contributed by atoms with Gasteiger partial charge < -0.3 is 5.32 Å². The average molecular weight is 305 g/mol. The molecule has 0 saturated carbocycles. The molecule has 2 N–H and O–H groups in total. The summed E-state index contributed by atoms with van der Waals surface area (Å²) in [6.07, 6.45) is 1.69. The summed E-state index contributed by atoms with van der Waals surface area (Å²) in [5.41, 5.74) is 0.786. The van der Waals surface area contributed by atoms with Crippen LogP contribution in [0.1, 0.15) is 11.5 Å². The zero-order valence-electron chi connectivity index (χ0n) is 10.4. The van der Waals surface area contributed by atoms with E-state index in [0.29, 0.717) is 12.4 Å². The van der Waals surface area contributed by atoms with Crippen molar-refractivity contribution in [3.63, 3.8) is 0 Å². The van der Waals surface area contributed by atoms with E-state index in [1.54, 1.807) is 22.7 Å². The topological polar surface area (TPSA) is 83.6 Å². The SMILES string of the molecule is O=C(Cc1csc(-c2cccs2)n1)NCc1ncn[nH]1. The van der Waals surface area contributed by atoms with Gasteiger partial charge in [0.05, 0.1) is 23.5 Å². The van der Waals surface area contributed by atoms with Gasteiger partial charge in [-0.15, -0.1) is 22.7 Å². The van der Waals surface area contributed by atoms with Crippen molar-refractivity contribution in [3.8, 4) is 9.88 Å². The molecule has 8 heteroatoms. The highest BCUT2D eigenvalue weighted by atomic mass is 32.1. The lowest BCUT2D eigenvalue weighted by atomic mass is 10.3. The number of thiazole rings is 1. The van der Waals surface area contributed by atoms with Crippen LogP contribution in [0, 0.1) is 0 Å². The van der Waals surface area contributed by atoms with E-state index in [9.17, 15) is 4.79 Å². The number of carbonyl (C=O) groups excluding carboxylic acids is 1. The summed E-state index contributed by atoms with van der Waals surface area (Å²) >= 11 is 3.20. The smallest absolute Gasteiger partial charge is 0.226 e. The number of amides is 1. The Morgan fingerprint density at radius 2 is 2.35 bits per heavy atom. The molecule has 0 aromatic carbocycles. The monoisotopic (exact) mass is 305 g/mol. The van der Waals surface area contributed by atoms with E-state index in [2.05, 4.69) is 25.5 Å². The van der Waals surface area contributed by atoms with Gasteiger partial charge in [-0.2, -0.15) is 5.10 Å². The van der Waals surface area contributed by atoms with E-state index < -0.39 is 0 Å². The Morgan fingerprint density at radius 3 is 3.10 bits per heavy atom. The predicted molar refractivity (Wildman–Crippen MR) is 77.4 cm³/mol. The van der Waals surface area contributed by atoms with E-state index >= 15 is 0 Å². The molecule has 0 unspecified atom stereocenters. The number of nitrogens with zero attached hydrogens (tertiary/aromatic N) is 3. The first-order valence-corrected chi connectivity index (χ1v) is 7.66. The first-order chi connectivity index (χ1) is 9.81. The molecular weight excluding hydrogens is 294 g/mol. The fourth-order valence-corrected chi connectivity index (χ4v) is 3.26. The first-order valence-electron chi connectivity index (χ1n) is 5.90. The van der Waals surface area contributed by atoms with Gasteiger partial charge in [-0.05, 0) is 11.4 Å². The van der Waals surface area contributed by atoms with Crippen LogP contribution in [0.25, 0.3) is 9.88 Å². The molecule has 0 bridgehead atoms. The van der Waals surface area contributed by atoms with Gasteiger partial charge in [0.2, 0.25) is 5.91 Å². The standard InChI is InChI=1S/C12H11N5OS2/c18-11(13-5-10-14-7-15-17-10)4-8-6-20-12(16-8)9-2-1-3-19-9/h1-3,6-7H,4-5H2,(H,13,18)(H,14,15,17). The van der Waals surface area contributed by atoms with Crippen molar-refractivity contribution in [3.05, 3.63) is 40.7 Å². The third-order valence-corrected chi connectivity index (χ3v) is 4.47. The molecule has 0 saturated heterocycles. The van der Waals surface area contributed by atoms with Gasteiger partial charge in [0.15, 0.2) is 0 Å². The van der Waals surface area contributed by atoms with Gasteiger partial charge >= 0.3 is 0 Å². The Labute approximate surface area is 122 Å². The van der Waals surface area contributed by atoms with E-state index in [4.69, 9.17) is 0 Å². The zero-order valence-corrected chi connectivity index (χ0v) is 12.0. The normalized spacial score (nSPS) is 10.6. The molecule has 102 valence electrons. The molecule has 0 atom stereocenters. The minimum Gasteiger partial charge on any atom is -0.348 e. The lowest BCUT2D eigenvalue weighted by Gasteiger charge is -2.00. The Hall–Kier alpha value is -2.06. The Bertz CT molecular complexity index is 675. The number of rotatable bonds is 5. The second kappa shape index (κ2) is 5.93. The van der Waals surface area contributed by atoms with Crippen molar-refractivity contribution in [2.24, 2.45) is 0 Å². The molecule has 3 rings (SSSR count). The number of H-pyrrole nitrogens is 1. The van der Waals surface area contributed by atoms with E-state index in [1.165, 1.54) is 6.33 Å². The van der Waals surface area contributed by atoms with Crippen LogP contribution in [0.15, 0.2) is 29.2 Å². The number of hydrogen-bond acceptors (Lipinski definition) is 6. The van der Waals surface area contributed by atoms with Crippen LogP contribution >= 0.6 is 22.7 Å². The molecule has 3 aromatic heterocycles. The minimum absolute atomic E-state index is 0.0792. The fraction of sp³-hybridized carbons (Fsp3) is 0.167. The van der Waals surface area contributed by atoms with Gasteiger partial charge in [0.25, 0.3) is 0 Å². The van der Waals surface area contributed by atoms with Crippen LogP contribution < -0.4 is 5.32 Å². The molecule has 0 radical (unpaired) electrons. The number of nitrogens with one attached hydrogen (secondary N) is 2. The summed E-state index contributed by atoms with van der Waals surface area (Å²) in [6, 6.07) is 4.02. The number of aromatic nitrogens is 4. The number of hydrogen-bond donors (Lipinski definition) is 2. The lowest BCUT2D eigenvalue weighted by molar-refractivity contribution is -0.120. The number of aromatic amines is 1. The lowest BCUT2D eigenvalue weighted by Crippen LogP contribution is -2.25. The van der Waals surface area contributed by atoms with E-state index in [-0.39, 0.29) is 12.3 Å². The molecule has 0 spiro atoms. The Morgan fingerprint density at radius 1 is 1.40 bits per heavy atom. The highest BCUT2D eigenvalue weighted by Crippen LogP contribution is 2.27. The van der Waals surface area contributed by atoms with Crippen molar-refractivity contribution < 1.29 is 4.79 Å². The van der Waals surface area contributed by atoms with Gasteiger partial charge in [0, 0.05) is 5.38 Å². The van der Waals surface area contributed by atoms with Gasteiger partial charge in [0.1, 0.15) is 17.2 Å². The summed E-state index contributed by atoms with van der Waals surface area (Å²) in [5.74, 6) is 0.556. The molecule has 0 fully saturated rings.